The van der Waals surface area contributed by atoms with Gasteiger partial charge in [-0.3, -0.25) is 9.12 Å². The fraction of sp³-hybridized carbons (Fsp3) is 0.200. The lowest BCUT2D eigenvalue weighted by Gasteiger charge is -2.07. The number of nitrogens with zero attached hydrogens (tertiary/aromatic N) is 3. The lowest BCUT2D eigenvalue weighted by molar-refractivity contribution is 0.600. The van der Waals surface area contributed by atoms with E-state index in [0.29, 0.717) is 11.5 Å². The topological polar surface area (TPSA) is 76.4 Å². The summed E-state index contributed by atoms with van der Waals surface area (Å²) >= 11 is 0. The summed E-state index contributed by atoms with van der Waals surface area (Å²) in [5.41, 5.74) is 2.30. The number of hydrogen-bond acceptors (Lipinski definition) is 4. The molecule has 1 aliphatic rings. The van der Waals surface area contributed by atoms with Crippen LogP contribution in [0.15, 0.2) is 48.9 Å². The maximum absolute atomic E-state index is 11.9. The zero-order valence-corrected chi connectivity index (χ0v) is 12.5. The molecule has 0 amide bonds. The Labute approximate surface area is 127 Å². The second kappa shape index (κ2) is 4.81. The Morgan fingerprint density at radius 1 is 1.18 bits per heavy atom. The van der Waals surface area contributed by atoms with Crippen molar-refractivity contribution in [2.45, 2.75) is 18.1 Å². The number of anilines is 1. The summed E-state index contributed by atoms with van der Waals surface area (Å²) in [4.78, 5) is 8.62. The van der Waals surface area contributed by atoms with Crippen LogP contribution in [0.3, 0.4) is 0 Å². The molecule has 0 unspecified atom stereocenters. The van der Waals surface area contributed by atoms with Crippen molar-refractivity contribution in [1.29, 1.82) is 0 Å². The highest BCUT2D eigenvalue weighted by Gasteiger charge is 2.35. The lowest BCUT2D eigenvalue weighted by atomic mass is 10.1. The first-order chi connectivity index (χ1) is 10.6. The number of aromatic nitrogens is 3. The summed E-state index contributed by atoms with van der Waals surface area (Å²) in [6.07, 6.45) is 6.98. The van der Waals surface area contributed by atoms with Gasteiger partial charge in [0.15, 0.2) is 0 Å². The molecule has 6 nitrogen and oxygen atoms in total. The second-order valence-electron chi connectivity index (χ2n) is 5.38. The van der Waals surface area contributed by atoms with Crippen molar-refractivity contribution in [2.75, 3.05) is 4.72 Å². The van der Waals surface area contributed by atoms with Crippen LogP contribution in [-0.2, 0) is 10.0 Å². The first kappa shape index (κ1) is 13.3. The Bertz CT molecular complexity index is 895. The Morgan fingerprint density at radius 2 is 1.95 bits per heavy atom. The van der Waals surface area contributed by atoms with Crippen LogP contribution >= 0.6 is 0 Å². The van der Waals surface area contributed by atoms with Crippen molar-refractivity contribution < 1.29 is 8.42 Å². The largest absolute Gasteiger partial charge is 0.291 e. The van der Waals surface area contributed by atoms with Crippen LogP contribution in [0.25, 0.3) is 17.0 Å². The molecule has 0 radical (unpaired) electrons. The maximum atomic E-state index is 11.9. The monoisotopic (exact) mass is 314 g/mol. The van der Waals surface area contributed by atoms with Crippen molar-refractivity contribution in [2.24, 2.45) is 0 Å². The lowest BCUT2D eigenvalue weighted by Crippen LogP contribution is -2.17. The third-order valence-electron chi connectivity index (χ3n) is 3.64. The third kappa shape index (κ3) is 2.43. The van der Waals surface area contributed by atoms with E-state index >= 15 is 0 Å². The van der Waals surface area contributed by atoms with Crippen molar-refractivity contribution in [3.8, 4) is 11.3 Å². The van der Waals surface area contributed by atoms with E-state index in [1.54, 1.807) is 18.3 Å². The summed E-state index contributed by atoms with van der Waals surface area (Å²) in [6, 6.07) is 9.06. The van der Waals surface area contributed by atoms with Crippen LogP contribution in [0.2, 0.25) is 0 Å². The first-order valence-electron chi connectivity index (χ1n) is 7.04. The van der Waals surface area contributed by atoms with Gasteiger partial charge in [-0.05, 0) is 31.0 Å². The van der Waals surface area contributed by atoms with Gasteiger partial charge in [0.1, 0.15) is 0 Å². The van der Waals surface area contributed by atoms with Crippen LogP contribution in [0.5, 0.6) is 0 Å². The SMILES string of the molecule is O=S(=O)(Nc1ccc(-c2cn3cccnc3n2)cc1)C1CC1. The van der Waals surface area contributed by atoms with Gasteiger partial charge in [-0.15, -0.1) is 0 Å². The normalized spacial score (nSPS) is 15.1. The van der Waals surface area contributed by atoms with Gasteiger partial charge < -0.3 is 0 Å². The molecular weight excluding hydrogens is 300 g/mol. The van der Waals surface area contributed by atoms with E-state index in [-0.39, 0.29) is 5.25 Å². The summed E-state index contributed by atoms with van der Waals surface area (Å²) in [5, 5.41) is -0.225. The maximum Gasteiger partial charge on any atom is 0.235 e. The highest BCUT2D eigenvalue weighted by molar-refractivity contribution is 7.93. The average molecular weight is 314 g/mol. The van der Waals surface area contributed by atoms with Gasteiger partial charge in [0.2, 0.25) is 15.8 Å². The molecule has 1 N–H and O–H groups in total. The molecule has 0 bridgehead atoms. The number of rotatable bonds is 4. The van der Waals surface area contributed by atoms with E-state index in [2.05, 4.69) is 14.7 Å². The van der Waals surface area contributed by atoms with Gasteiger partial charge in [0, 0.05) is 29.8 Å². The first-order valence-corrected chi connectivity index (χ1v) is 8.58. The van der Waals surface area contributed by atoms with E-state index in [1.165, 1.54) is 0 Å². The molecule has 1 saturated carbocycles. The second-order valence-corrected chi connectivity index (χ2v) is 7.34. The van der Waals surface area contributed by atoms with Gasteiger partial charge in [0.05, 0.1) is 10.9 Å². The Morgan fingerprint density at radius 3 is 2.64 bits per heavy atom. The standard InChI is InChI=1S/C15H14N4O2S/c20-22(21,13-6-7-13)18-12-4-2-11(3-5-12)14-10-19-9-1-8-16-15(19)17-14/h1-5,8-10,13,18H,6-7H2. The average Bonchev–Trinajstić information content (AvgIpc) is 3.28. The van der Waals surface area contributed by atoms with Crippen molar-refractivity contribution in [3.63, 3.8) is 0 Å². The van der Waals surface area contributed by atoms with Crippen molar-refractivity contribution >= 4 is 21.5 Å². The number of fused-ring (bicyclic) bond motifs is 1. The molecular formula is C15H14N4O2S. The van der Waals surface area contributed by atoms with Crippen molar-refractivity contribution in [1.82, 2.24) is 14.4 Å². The van der Waals surface area contributed by atoms with Crippen LogP contribution < -0.4 is 4.72 Å². The zero-order chi connectivity index (χ0) is 15.2. The summed E-state index contributed by atoms with van der Waals surface area (Å²) in [5.74, 6) is 0.635. The number of hydrogen-bond donors (Lipinski definition) is 1. The molecule has 0 spiro atoms. The number of sulfonamides is 1. The molecule has 7 heteroatoms. The van der Waals surface area contributed by atoms with Crippen LogP contribution in [0.4, 0.5) is 5.69 Å². The summed E-state index contributed by atoms with van der Waals surface area (Å²) in [6.45, 7) is 0. The van der Waals surface area contributed by atoms with Gasteiger partial charge in [-0.1, -0.05) is 12.1 Å². The molecule has 1 aliphatic carbocycles. The van der Waals surface area contributed by atoms with E-state index in [9.17, 15) is 8.42 Å². The minimum atomic E-state index is -3.22. The van der Waals surface area contributed by atoms with Crippen molar-refractivity contribution in [3.05, 3.63) is 48.9 Å². The molecule has 0 atom stereocenters. The Hall–Kier alpha value is -2.41. The van der Waals surface area contributed by atoms with Crippen LogP contribution in [0.1, 0.15) is 12.8 Å². The minimum absolute atomic E-state index is 0.225. The highest BCUT2D eigenvalue weighted by Crippen LogP contribution is 2.30. The van der Waals surface area contributed by atoms with Gasteiger partial charge in [0.25, 0.3) is 0 Å². The summed E-state index contributed by atoms with van der Waals surface area (Å²) < 4.78 is 28.3. The molecule has 22 heavy (non-hydrogen) atoms. The molecule has 3 aromatic rings. The molecule has 0 aliphatic heterocycles. The zero-order valence-electron chi connectivity index (χ0n) is 11.7. The van der Waals surface area contributed by atoms with Gasteiger partial charge in [-0.25, -0.2) is 18.4 Å². The highest BCUT2D eigenvalue weighted by atomic mass is 32.2. The van der Waals surface area contributed by atoms with Gasteiger partial charge in [-0.2, -0.15) is 0 Å². The Balaban J connectivity index is 1.61. The molecule has 112 valence electrons. The minimum Gasteiger partial charge on any atom is -0.291 e. The molecule has 2 heterocycles. The molecule has 2 aromatic heterocycles. The van der Waals surface area contributed by atoms with Gasteiger partial charge >= 0.3 is 0 Å². The third-order valence-corrected chi connectivity index (χ3v) is 5.51. The molecule has 4 rings (SSSR count). The fourth-order valence-corrected chi connectivity index (χ4v) is 3.69. The predicted octanol–water partition coefficient (Wildman–Crippen LogP) is 2.30. The molecule has 0 saturated heterocycles. The van der Waals surface area contributed by atoms with E-state index in [0.717, 1.165) is 24.1 Å². The molecule has 1 fully saturated rings. The number of benzene rings is 1. The predicted molar refractivity (Wildman–Crippen MR) is 84.0 cm³/mol. The fourth-order valence-electron chi connectivity index (χ4n) is 2.30. The van der Waals surface area contributed by atoms with E-state index < -0.39 is 10.0 Å². The van der Waals surface area contributed by atoms with Crippen LogP contribution in [0, 0.1) is 0 Å². The smallest absolute Gasteiger partial charge is 0.235 e. The number of nitrogens with one attached hydrogen (secondary N) is 1. The Kier molecular flexibility index (Phi) is 2.90. The van der Waals surface area contributed by atoms with E-state index in [4.69, 9.17) is 0 Å². The quantitative estimate of drug-likeness (QED) is 0.801. The van der Waals surface area contributed by atoms with E-state index in [1.807, 2.05) is 35.0 Å². The summed E-state index contributed by atoms with van der Waals surface area (Å²) in [7, 11) is -3.22. The molecule has 1 aromatic carbocycles. The number of imidazole rings is 1. The van der Waals surface area contributed by atoms with Crippen LogP contribution in [-0.4, -0.2) is 28.0 Å².